The van der Waals surface area contributed by atoms with Gasteiger partial charge in [0.05, 0.1) is 60.0 Å². The molecule has 0 radical (unpaired) electrons. The summed E-state index contributed by atoms with van der Waals surface area (Å²) in [5, 5.41) is 2.04. The molecule has 7 rings (SSSR count). The lowest BCUT2D eigenvalue weighted by Crippen LogP contribution is -2.03. The van der Waals surface area contributed by atoms with Crippen molar-refractivity contribution < 1.29 is 18.9 Å². The van der Waals surface area contributed by atoms with E-state index in [1.807, 2.05) is 36.4 Å². The van der Waals surface area contributed by atoms with Gasteiger partial charge in [-0.2, -0.15) is 0 Å². The van der Waals surface area contributed by atoms with E-state index in [0.717, 1.165) is 132 Å². The molecule has 2 aliphatic heterocycles. The number of rotatable bonds is 0. The zero-order chi connectivity index (χ0) is 32.4. The van der Waals surface area contributed by atoms with Crippen molar-refractivity contribution in [1.82, 2.24) is 9.97 Å². The van der Waals surface area contributed by atoms with E-state index in [0.29, 0.717) is 26.4 Å². The predicted octanol–water partition coefficient (Wildman–Crippen LogP) is 10.7. The van der Waals surface area contributed by atoms with Crippen LogP contribution in [0.1, 0.15) is 64.2 Å². The fraction of sp³-hybridized carbons (Fsp3) is 0.333. The maximum absolute atomic E-state index is 6.46. The van der Waals surface area contributed by atoms with Gasteiger partial charge in [-0.15, -0.1) is 0 Å². The molecule has 3 aromatic carbocycles. The van der Waals surface area contributed by atoms with E-state index in [9.17, 15) is 0 Å². The third kappa shape index (κ3) is 7.49. The second-order valence-electron chi connectivity index (χ2n) is 12.5. The number of allylic oxidation sites excluding steroid dienone is 4. The van der Waals surface area contributed by atoms with Gasteiger partial charge in [-0.1, -0.05) is 60.7 Å². The molecule has 2 aromatic heterocycles. The van der Waals surface area contributed by atoms with Gasteiger partial charge in [-0.3, -0.25) is 0 Å². The molecule has 0 saturated heterocycles. The standard InChI is InChI=1S/C42H44N2O4/c1-3-7-11-27-45-35-17-15-19-37-39(35)33-25-23-31-21-22-32-24-26-34(44-42(32)41(31)43-33)40-36(46-28-12-8-4-1)18-16-20-38(40)48-30-14-10-6-2-5-9-13-29-47-37/h1-3,6,15-26H,4-5,7-14,27-30H2/b3-1+,6-2+. The summed E-state index contributed by atoms with van der Waals surface area (Å²) in [7, 11) is 0. The highest BCUT2D eigenvalue weighted by Gasteiger charge is 2.19. The fourth-order valence-corrected chi connectivity index (χ4v) is 6.38. The monoisotopic (exact) mass is 640 g/mol. The number of pyridine rings is 2. The van der Waals surface area contributed by atoms with Crippen molar-refractivity contribution in [3.05, 3.63) is 97.1 Å². The summed E-state index contributed by atoms with van der Waals surface area (Å²) in [6, 6.07) is 24.8. The lowest BCUT2D eigenvalue weighted by molar-refractivity contribution is 0.296. The first kappa shape index (κ1) is 31.7. The minimum Gasteiger partial charge on any atom is -0.493 e. The summed E-state index contributed by atoms with van der Waals surface area (Å²) in [4.78, 5) is 10.6. The minimum absolute atomic E-state index is 0.616. The maximum Gasteiger partial charge on any atom is 0.132 e. The van der Waals surface area contributed by atoms with Crippen molar-refractivity contribution in [1.29, 1.82) is 0 Å². The first-order valence-corrected chi connectivity index (χ1v) is 17.6. The van der Waals surface area contributed by atoms with E-state index in [2.05, 4.69) is 60.7 Å². The summed E-state index contributed by atoms with van der Waals surface area (Å²) in [6.45, 7) is 2.50. The summed E-state index contributed by atoms with van der Waals surface area (Å²) in [5.41, 5.74) is 5.05. The van der Waals surface area contributed by atoms with Crippen molar-refractivity contribution in [2.75, 3.05) is 26.4 Å². The van der Waals surface area contributed by atoms with Crippen molar-refractivity contribution in [3.8, 4) is 45.5 Å². The van der Waals surface area contributed by atoms with Gasteiger partial charge in [0.25, 0.3) is 0 Å². The minimum atomic E-state index is 0.616. The van der Waals surface area contributed by atoms with Crippen LogP contribution >= 0.6 is 0 Å². The molecule has 5 aromatic rings. The van der Waals surface area contributed by atoms with Gasteiger partial charge in [-0.25, -0.2) is 9.97 Å². The largest absolute Gasteiger partial charge is 0.493 e. The third-order valence-electron chi connectivity index (χ3n) is 8.93. The van der Waals surface area contributed by atoms with Crippen LogP contribution in [0.3, 0.4) is 0 Å². The Morgan fingerprint density at radius 1 is 0.375 bits per heavy atom. The molecule has 0 aliphatic carbocycles. The Morgan fingerprint density at radius 3 is 1.15 bits per heavy atom. The second-order valence-corrected chi connectivity index (χ2v) is 12.5. The van der Waals surface area contributed by atoms with Gasteiger partial charge >= 0.3 is 0 Å². The topological polar surface area (TPSA) is 62.7 Å². The average molecular weight is 641 g/mol. The molecule has 4 heterocycles. The van der Waals surface area contributed by atoms with Gasteiger partial charge in [-0.05, 0) is 101 Å². The molecule has 6 heteroatoms. The second kappa shape index (κ2) is 15.8. The van der Waals surface area contributed by atoms with E-state index < -0.39 is 0 Å². The summed E-state index contributed by atoms with van der Waals surface area (Å²) in [6.07, 6.45) is 19.0. The zero-order valence-electron chi connectivity index (χ0n) is 27.7. The van der Waals surface area contributed by atoms with Crippen LogP contribution in [0.5, 0.6) is 23.0 Å². The number of benzene rings is 3. The quantitative estimate of drug-likeness (QED) is 0.124. The SMILES string of the molecule is C1=C/CCCOc2cccc3c2-c2ccc4ccc5ccc(nc5c4n2)-c2c(cccc2OCCCC/1)OCCC/C=C/CCCCO3. The fourth-order valence-electron chi connectivity index (χ4n) is 6.38. The highest BCUT2D eigenvalue weighted by Crippen LogP contribution is 2.41. The van der Waals surface area contributed by atoms with Crippen LogP contribution in [0.25, 0.3) is 44.3 Å². The van der Waals surface area contributed by atoms with Crippen LogP contribution in [0.2, 0.25) is 0 Å². The molecule has 6 bridgehead atoms. The van der Waals surface area contributed by atoms with E-state index in [-0.39, 0.29) is 0 Å². The lowest BCUT2D eigenvalue weighted by Gasteiger charge is -2.17. The van der Waals surface area contributed by atoms with Crippen LogP contribution in [0.15, 0.2) is 97.1 Å². The molecule has 0 spiro atoms. The third-order valence-corrected chi connectivity index (χ3v) is 8.93. The van der Waals surface area contributed by atoms with Crippen LogP contribution in [-0.4, -0.2) is 36.4 Å². The van der Waals surface area contributed by atoms with E-state index in [1.54, 1.807) is 0 Å². The first-order valence-electron chi connectivity index (χ1n) is 17.6. The molecular formula is C42H44N2O4. The average Bonchev–Trinajstić information content (AvgIpc) is 3.11. The van der Waals surface area contributed by atoms with Crippen LogP contribution in [0.4, 0.5) is 0 Å². The summed E-state index contributed by atoms with van der Waals surface area (Å²) >= 11 is 0. The van der Waals surface area contributed by atoms with Crippen LogP contribution in [-0.2, 0) is 0 Å². The Hall–Kier alpha value is -4.84. The number of nitrogens with zero attached hydrogens (tertiary/aromatic N) is 2. The number of aromatic nitrogens is 2. The lowest BCUT2D eigenvalue weighted by atomic mass is 10.0. The van der Waals surface area contributed by atoms with E-state index in [4.69, 9.17) is 28.9 Å². The molecule has 0 unspecified atom stereocenters. The number of ether oxygens (including phenoxy) is 4. The molecule has 0 N–H and O–H groups in total. The molecule has 246 valence electrons. The van der Waals surface area contributed by atoms with Gasteiger partial charge < -0.3 is 18.9 Å². The highest BCUT2D eigenvalue weighted by atomic mass is 16.5. The number of hydrogen-bond acceptors (Lipinski definition) is 6. The molecule has 2 aliphatic rings. The van der Waals surface area contributed by atoms with Gasteiger partial charge in [0.15, 0.2) is 0 Å². The van der Waals surface area contributed by atoms with E-state index >= 15 is 0 Å². The zero-order valence-corrected chi connectivity index (χ0v) is 27.7. The Bertz CT molecular complexity index is 1780. The molecular weight excluding hydrogens is 596 g/mol. The Labute approximate surface area is 283 Å². The van der Waals surface area contributed by atoms with Gasteiger partial charge in [0.1, 0.15) is 23.0 Å². The van der Waals surface area contributed by atoms with Gasteiger partial charge in [0.2, 0.25) is 0 Å². The molecule has 48 heavy (non-hydrogen) atoms. The van der Waals surface area contributed by atoms with E-state index in [1.165, 1.54) is 0 Å². The summed E-state index contributed by atoms with van der Waals surface area (Å²) < 4.78 is 25.8. The molecule has 0 fully saturated rings. The van der Waals surface area contributed by atoms with Crippen molar-refractivity contribution in [2.45, 2.75) is 64.2 Å². The van der Waals surface area contributed by atoms with Crippen LogP contribution < -0.4 is 18.9 Å². The Kier molecular flexibility index (Phi) is 10.5. The molecule has 0 saturated carbocycles. The Morgan fingerprint density at radius 2 is 0.729 bits per heavy atom. The van der Waals surface area contributed by atoms with Crippen molar-refractivity contribution in [2.24, 2.45) is 0 Å². The maximum atomic E-state index is 6.46. The highest BCUT2D eigenvalue weighted by molar-refractivity contribution is 6.04. The normalized spacial score (nSPS) is 17.8. The predicted molar refractivity (Wildman–Crippen MR) is 194 cm³/mol. The molecule has 0 atom stereocenters. The number of hydrogen-bond donors (Lipinski definition) is 0. The van der Waals surface area contributed by atoms with Crippen LogP contribution in [0, 0.1) is 0 Å². The van der Waals surface area contributed by atoms with Crippen molar-refractivity contribution >= 4 is 21.8 Å². The van der Waals surface area contributed by atoms with Gasteiger partial charge in [0, 0.05) is 10.8 Å². The Balaban J connectivity index is 1.41. The molecule has 0 amide bonds. The van der Waals surface area contributed by atoms with Crippen molar-refractivity contribution in [3.63, 3.8) is 0 Å². The smallest absolute Gasteiger partial charge is 0.132 e. The first-order chi connectivity index (χ1) is 23.8. The molecule has 6 nitrogen and oxygen atoms in total. The summed E-state index contributed by atoms with van der Waals surface area (Å²) in [5.74, 6) is 3.16.